The third-order valence-electron chi connectivity index (χ3n) is 3.37. The van der Waals surface area contributed by atoms with E-state index in [1.165, 1.54) is 12.3 Å². The van der Waals surface area contributed by atoms with E-state index in [2.05, 4.69) is 4.98 Å². The van der Waals surface area contributed by atoms with Gasteiger partial charge in [-0.25, -0.2) is 4.39 Å². The fourth-order valence-electron chi connectivity index (χ4n) is 2.48. The van der Waals surface area contributed by atoms with E-state index >= 15 is 0 Å². The maximum Gasteiger partial charge on any atom is 0.231 e. The molecule has 4 heteroatoms. The quantitative estimate of drug-likeness (QED) is 0.827. The standard InChI is InChI=1S/C15H13FN2O/c1-2-18-14-4-3-10(5-11(14)7-15(18)19)12-6-13(16)9-17-8-12/h3-6,8-9H,2,7H2,1H3. The number of pyridine rings is 1. The van der Waals surface area contributed by atoms with Crippen molar-refractivity contribution < 1.29 is 9.18 Å². The molecule has 0 spiro atoms. The summed E-state index contributed by atoms with van der Waals surface area (Å²) in [7, 11) is 0. The van der Waals surface area contributed by atoms with Crippen LogP contribution in [0.2, 0.25) is 0 Å². The lowest BCUT2D eigenvalue weighted by molar-refractivity contribution is -0.117. The molecule has 1 aliphatic rings. The number of anilines is 1. The third kappa shape index (κ3) is 1.99. The first kappa shape index (κ1) is 11.8. The molecule has 1 aromatic carbocycles. The van der Waals surface area contributed by atoms with Gasteiger partial charge in [0.05, 0.1) is 12.6 Å². The van der Waals surface area contributed by atoms with Crippen LogP contribution < -0.4 is 4.90 Å². The summed E-state index contributed by atoms with van der Waals surface area (Å²) in [4.78, 5) is 17.4. The van der Waals surface area contributed by atoms with Crippen LogP contribution in [0.4, 0.5) is 10.1 Å². The fraction of sp³-hybridized carbons (Fsp3) is 0.200. The lowest BCUT2D eigenvalue weighted by Gasteiger charge is -2.14. The first-order valence-electron chi connectivity index (χ1n) is 6.23. The summed E-state index contributed by atoms with van der Waals surface area (Å²) >= 11 is 0. The molecule has 0 fully saturated rings. The van der Waals surface area contributed by atoms with Gasteiger partial charge in [0, 0.05) is 24.0 Å². The van der Waals surface area contributed by atoms with E-state index in [0.717, 1.165) is 22.4 Å². The molecule has 0 unspecified atom stereocenters. The third-order valence-corrected chi connectivity index (χ3v) is 3.37. The van der Waals surface area contributed by atoms with Crippen molar-refractivity contribution in [3.63, 3.8) is 0 Å². The summed E-state index contributed by atoms with van der Waals surface area (Å²) < 4.78 is 13.2. The van der Waals surface area contributed by atoms with Crippen molar-refractivity contribution in [2.75, 3.05) is 11.4 Å². The van der Waals surface area contributed by atoms with Crippen LogP contribution in [0.1, 0.15) is 12.5 Å². The van der Waals surface area contributed by atoms with Crippen LogP contribution in [0.3, 0.4) is 0 Å². The largest absolute Gasteiger partial charge is 0.312 e. The molecule has 0 atom stereocenters. The van der Waals surface area contributed by atoms with Crippen molar-refractivity contribution >= 4 is 11.6 Å². The van der Waals surface area contributed by atoms with Crippen LogP contribution in [0.25, 0.3) is 11.1 Å². The lowest BCUT2D eigenvalue weighted by atomic mass is 10.0. The molecule has 0 radical (unpaired) electrons. The zero-order valence-electron chi connectivity index (χ0n) is 10.6. The maximum absolute atomic E-state index is 13.2. The molecule has 0 saturated heterocycles. The van der Waals surface area contributed by atoms with Gasteiger partial charge < -0.3 is 4.90 Å². The number of rotatable bonds is 2. The normalized spacial score (nSPS) is 13.8. The van der Waals surface area contributed by atoms with E-state index in [0.29, 0.717) is 13.0 Å². The van der Waals surface area contributed by atoms with E-state index in [1.807, 2.05) is 25.1 Å². The number of likely N-dealkylation sites (N-methyl/N-ethyl adjacent to an activating group) is 1. The summed E-state index contributed by atoms with van der Waals surface area (Å²) in [5, 5.41) is 0. The Morgan fingerprint density at radius 3 is 2.84 bits per heavy atom. The zero-order valence-corrected chi connectivity index (χ0v) is 10.6. The molecule has 3 rings (SSSR count). The second kappa shape index (κ2) is 4.46. The van der Waals surface area contributed by atoms with E-state index < -0.39 is 0 Å². The predicted molar refractivity (Wildman–Crippen MR) is 71.4 cm³/mol. The van der Waals surface area contributed by atoms with Gasteiger partial charge in [-0.1, -0.05) is 6.07 Å². The SMILES string of the molecule is CCN1C(=O)Cc2cc(-c3cncc(F)c3)ccc21. The predicted octanol–water partition coefficient (Wildman–Crippen LogP) is 2.80. The molecular weight excluding hydrogens is 243 g/mol. The number of halogens is 1. The van der Waals surface area contributed by atoms with Gasteiger partial charge in [0.1, 0.15) is 5.82 Å². The number of carbonyl (C=O) groups excluding carboxylic acids is 1. The highest BCUT2D eigenvalue weighted by atomic mass is 19.1. The van der Waals surface area contributed by atoms with Crippen LogP contribution in [0.15, 0.2) is 36.7 Å². The Hall–Kier alpha value is -2.23. The molecule has 19 heavy (non-hydrogen) atoms. The van der Waals surface area contributed by atoms with Crippen molar-refractivity contribution in [2.45, 2.75) is 13.3 Å². The van der Waals surface area contributed by atoms with Gasteiger partial charge in [0.15, 0.2) is 0 Å². The molecule has 96 valence electrons. The summed E-state index contributed by atoms with van der Waals surface area (Å²) in [6.07, 6.45) is 3.22. The number of carbonyl (C=O) groups is 1. The molecule has 0 bridgehead atoms. The maximum atomic E-state index is 13.2. The number of amides is 1. The van der Waals surface area contributed by atoms with E-state index in [-0.39, 0.29) is 11.7 Å². The number of nitrogens with zero attached hydrogens (tertiary/aromatic N) is 2. The monoisotopic (exact) mass is 256 g/mol. The van der Waals surface area contributed by atoms with Crippen molar-refractivity contribution in [1.82, 2.24) is 4.98 Å². The Kier molecular flexibility index (Phi) is 2.78. The summed E-state index contributed by atoms with van der Waals surface area (Å²) in [5.41, 5.74) is 3.57. The minimum absolute atomic E-state index is 0.118. The van der Waals surface area contributed by atoms with Crippen LogP contribution in [0, 0.1) is 5.82 Å². The number of benzene rings is 1. The van der Waals surface area contributed by atoms with Gasteiger partial charge in [-0.15, -0.1) is 0 Å². The highest BCUT2D eigenvalue weighted by Gasteiger charge is 2.25. The Morgan fingerprint density at radius 1 is 1.26 bits per heavy atom. The summed E-state index contributed by atoms with van der Waals surface area (Å²) in [6.45, 7) is 2.63. The molecular formula is C15H13FN2O. The van der Waals surface area contributed by atoms with E-state index in [9.17, 15) is 9.18 Å². The molecule has 1 aliphatic heterocycles. The van der Waals surface area contributed by atoms with Gasteiger partial charge in [-0.2, -0.15) is 0 Å². The summed E-state index contributed by atoms with van der Waals surface area (Å²) in [5.74, 6) is -0.240. The first-order chi connectivity index (χ1) is 9.19. The topological polar surface area (TPSA) is 33.2 Å². The Labute approximate surface area is 110 Å². The second-order valence-corrected chi connectivity index (χ2v) is 4.55. The average Bonchev–Trinajstić information content (AvgIpc) is 2.72. The molecule has 0 N–H and O–H groups in total. The molecule has 1 amide bonds. The van der Waals surface area contributed by atoms with Crippen molar-refractivity contribution in [1.29, 1.82) is 0 Å². The van der Waals surface area contributed by atoms with Crippen molar-refractivity contribution in [3.05, 3.63) is 48.0 Å². The second-order valence-electron chi connectivity index (χ2n) is 4.55. The van der Waals surface area contributed by atoms with Crippen LogP contribution in [-0.4, -0.2) is 17.4 Å². The average molecular weight is 256 g/mol. The molecule has 2 heterocycles. The van der Waals surface area contributed by atoms with Crippen LogP contribution in [0.5, 0.6) is 0 Å². The smallest absolute Gasteiger partial charge is 0.231 e. The molecule has 3 nitrogen and oxygen atoms in total. The van der Waals surface area contributed by atoms with Crippen molar-refractivity contribution in [3.8, 4) is 11.1 Å². The number of aromatic nitrogens is 1. The van der Waals surface area contributed by atoms with Gasteiger partial charge in [-0.05, 0) is 36.2 Å². The summed E-state index contributed by atoms with van der Waals surface area (Å²) in [6, 6.07) is 7.21. The Balaban J connectivity index is 2.04. The van der Waals surface area contributed by atoms with Gasteiger partial charge in [0.2, 0.25) is 5.91 Å². The van der Waals surface area contributed by atoms with Crippen molar-refractivity contribution in [2.24, 2.45) is 0 Å². The van der Waals surface area contributed by atoms with Crippen LogP contribution in [-0.2, 0) is 11.2 Å². The van der Waals surface area contributed by atoms with Gasteiger partial charge >= 0.3 is 0 Å². The van der Waals surface area contributed by atoms with Gasteiger partial charge in [-0.3, -0.25) is 9.78 Å². The highest BCUT2D eigenvalue weighted by Crippen LogP contribution is 2.32. The fourth-order valence-corrected chi connectivity index (χ4v) is 2.48. The number of fused-ring (bicyclic) bond motifs is 1. The molecule has 0 saturated carbocycles. The zero-order chi connectivity index (χ0) is 13.4. The van der Waals surface area contributed by atoms with E-state index in [1.54, 1.807) is 11.1 Å². The minimum Gasteiger partial charge on any atom is -0.312 e. The lowest BCUT2D eigenvalue weighted by Crippen LogP contribution is -2.25. The highest BCUT2D eigenvalue weighted by molar-refractivity contribution is 6.01. The number of hydrogen-bond acceptors (Lipinski definition) is 2. The Bertz CT molecular complexity index is 654. The first-order valence-corrected chi connectivity index (χ1v) is 6.23. The van der Waals surface area contributed by atoms with E-state index in [4.69, 9.17) is 0 Å². The van der Waals surface area contributed by atoms with Gasteiger partial charge in [0.25, 0.3) is 0 Å². The molecule has 2 aromatic rings. The minimum atomic E-state index is -0.357. The molecule has 1 aromatic heterocycles. The van der Waals surface area contributed by atoms with Crippen LogP contribution >= 0.6 is 0 Å². The Morgan fingerprint density at radius 2 is 2.11 bits per heavy atom. The molecule has 0 aliphatic carbocycles. The number of hydrogen-bond donors (Lipinski definition) is 0.